The first-order valence-corrected chi connectivity index (χ1v) is 9.63. The molecular formula is C17H13BrN4O2S. The van der Waals surface area contributed by atoms with E-state index in [4.69, 9.17) is 5.26 Å². The monoisotopic (exact) mass is 416 g/mol. The van der Waals surface area contributed by atoms with Gasteiger partial charge in [-0.1, -0.05) is 40.2 Å². The number of benzene rings is 2. The average molecular weight is 417 g/mol. The summed E-state index contributed by atoms with van der Waals surface area (Å²) in [5, 5.41) is 14.7. The first-order valence-electron chi connectivity index (χ1n) is 7.40. The summed E-state index contributed by atoms with van der Waals surface area (Å²) in [6.07, 6.45) is 1.80. The lowest BCUT2D eigenvalue weighted by molar-refractivity contribution is 0.459. The number of hydrogen-bond acceptors (Lipinski definition) is 5. The van der Waals surface area contributed by atoms with E-state index in [0.717, 1.165) is 10.0 Å². The first-order chi connectivity index (χ1) is 12.0. The Bertz CT molecular complexity index is 992. The number of hydrazone groups is 1. The molecule has 0 unspecified atom stereocenters. The van der Waals surface area contributed by atoms with E-state index < -0.39 is 10.0 Å². The van der Waals surface area contributed by atoms with Crippen molar-refractivity contribution >= 4 is 38.0 Å². The lowest BCUT2D eigenvalue weighted by atomic mass is 10.2. The van der Waals surface area contributed by atoms with Crippen molar-refractivity contribution < 1.29 is 8.42 Å². The SMILES string of the molecule is N#CCCN(/N=C/c1ccc(Br)cc1)C1=NS(=O)(=O)c2ccccc21. The standard InChI is InChI=1S/C17H13BrN4O2S/c18-14-8-6-13(7-9-14)12-20-22(11-3-10-19)17-15-4-1-2-5-16(15)25(23,24)21-17/h1-2,4-9,12H,3,11H2/b20-12+. The molecule has 0 saturated carbocycles. The van der Waals surface area contributed by atoms with Gasteiger partial charge in [0.2, 0.25) is 0 Å². The predicted octanol–water partition coefficient (Wildman–Crippen LogP) is 3.15. The molecule has 8 heteroatoms. The summed E-state index contributed by atoms with van der Waals surface area (Å²) < 4.78 is 29.2. The summed E-state index contributed by atoms with van der Waals surface area (Å²) in [5.41, 5.74) is 1.34. The highest BCUT2D eigenvalue weighted by molar-refractivity contribution is 9.10. The minimum absolute atomic E-state index is 0.158. The maximum atomic E-state index is 12.2. The summed E-state index contributed by atoms with van der Waals surface area (Å²) in [7, 11) is -3.73. The highest BCUT2D eigenvalue weighted by Crippen LogP contribution is 2.27. The third kappa shape index (κ3) is 3.78. The van der Waals surface area contributed by atoms with Crippen LogP contribution in [-0.2, 0) is 10.0 Å². The van der Waals surface area contributed by atoms with Gasteiger partial charge in [0.25, 0.3) is 10.0 Å². The van der Waals surface area contributed by atoms with E-state index in [0.29, 0.717) is 5.56 Å². The number of hydrogen-bond donors (Lipinski definition) is 0. The second-order valence-corrected chi connectivity index (χ2v) is 7.70. The van der Waals surface area contributed by atoms with E-state index in [1.54, 1.807) is 24.4 Å². The Balaban J connectivity index is 1.97. The van der Waals surface area contributed by atoms with Crippen LogP contribution in [0.2, 0.25) is 0 Å². The molecule has 0 saturated heterocycles. The van der Waals surface area contributed by atoms with Crippen molar-refractivity contribution in [2.45, 2.75) is 11.3 Å². The van der Waals surface area contributed by atoms with Gasteiger partial charge in [0.05, 0.1) is 25.2 Å². The normalized spacial score (nSPS) is 14.8. The molecule has 0 bridgehead atoms. The molecular weight excluding hydrogens is 404 g/mol. The number of fused-ring (bicyclic) bond motifs is 1. The van der Waals surface area contributed by atoms with Crippen molar-refractivity contribution in [2.75, 3.05) is 6.54 Å². The molecule has 1 aliphatic rings. The van der Waals surface area contributed by atoms with Gasteiger partial charge in [-0.3, -0.25) is 0 Å². The summed E-state index contributed by atoms with van der Waals surface area (Å²) in [6.45, 7) is 0.242. The Morgan fingerprint density at radius 1 is 1.20 bits per heavy atom. The van der Waals surface area contributed by atoms with Crippen LogP contribution in [0.5, 0.6) is 0 Å². The molecule has 0 radical (unpaired) electrons. The summed E-state index contributed by atoms with van der Waals surface area (Å²) in [5.74, 6) is 0.235. The van der Waals surface area contributed by atoms with Gasteiger partial charge in [0, 0.05) is 10.0 Å². The Hall–Kier alpha value is -2.50. The fourth-order valence-corrected chi connectivity index (χ4v) is 3.80. The second kappa shape index (κ2) is 7.17. The Kier molecular flexibility index (Phi) is 4.97. The molecule has 3 rings (SSSR count). The molecule has 2 aromatic rings. The highest BCUT2D eigenvalue weighted by Gasteiger charge is 2.31. The minimum atomic E-state index is -3.73. The van der Waals surface area contributed by atoms with E-state index in [2.05, 4.69) is 25.4 Å². The molecule has 0 aliphatic carbocycles. The maximum absolute atomic E-state index is 12.2. The van der Waals surface area contributed by atoms with E-state index >= 15 is 0 Å². The fourth-order valence-electron chi connectivity index (χ4n) is 2.33. The Morgan fingerprint density at radius 3 is 2.64 bits per heavy atom. The van der Waals surface area contributed by atoms with Crippen LogP contribution in [-0.4, -0.2) is 32.0 Å². The highest BCUT2D eigenvalue weighted by atomic mass is 79.9. The summed E-state index contributed by atoms with van der Waals surface area (Å²) in [4.78, 5) is 0.158. The molecule has 0 N–H and O–H groups in total. The smallest absolute Gasteiger partial charge is 0.246 e. The van der Waals surface area contributed by atoms with Gasteiger partial charge >= 0.3 is 0 Å². The third-order valence-electron chi connectivity index (χ3n) is 3.51. The molecule has 1 heterocycles. The van der Waals surface area contributed by atoms with Gasteiger partial charge in [-0.2, -0.15) is 18.8 Å². The van der Waals surface area contributed by atoms with E-state index in [1.165, 1.54) is 11.1 Å². The number of rotatable bonds is 4. The van der Waals surface area contributed by atoms with Gasteiger partial charge in [-0.15, -0.1) is 4.40 Å². The predicted molar refractivity (Wildman–Crippen MR) is 98.8 cm³/mol. The lowest BCUT2D eigenvalue weighted by Crippen LogP contribution is -2.27. The van der Waals surface area contributed by atoms with Crippen molar-refractivity contribution in [2.24, 2.45) is 9.50 Å². The van der Waals surface area contributed by atoms with Crippen LogP contribution in [0.25, 0.3) is 0 Å². The number of nitrogens with zero attached hydrogens (tertiary/aromatic N) is 4. The molecule has 6 nitrogen and oxygen atoms in total. The van der Waals surface area contributed by atoms with Crippen LogP contribution >= 0.6 is 15.9 Å². The number of sulfonamides is 1. The molecule has 25 heavy (non-hydrogen) atoms. The van der Waals surface area contributed by atoms with Crippen LogP contribution in [0.4, 0.5) is 0 Å². The molecule has 0 aromatic heterocycles. The quantitative estimate of drug-likeness (QED) is 0.565. The molecule has 0 atom stereocenters. The number of halogens is 1. The van der Waals surface area contributed by atoms with Crippen molar-refractivity contribution in [3.63, 3.8) is 0 Å². The zero-order valence-corrected chi connectivity index (χ0v) is 15.4. The average Bonchev–Trinajstić information content (AvgIpc) is 2.88. The molecule has 1 aliphatic heterocycles. The Morgan fingerprint density at radius 2 is 1.92 bits per heavy atom. The zero-order valence-electron chi connectivity index (χ0n) is 13.0. The van der Waals surface area contributed by atoms with Crippen LogP contribution in [0.1, 0.15) is 17.5 Å². The molecule has 0 amide bonds. The van der Waals surface area contributed by atoms with Gasteiger partial charge in [0.1, 0.15) is 4.90 Å². The third-order valence-corrected chi connectivity index (χ3v) is 5.36. The summed E-state index contributed by atoms with van der Waals surface area (Å²) in [6, 6.07) is 16.2. The van der Waals surface area contributed by atoms with Gasteiger partial charge in [-0.05, 0) is 29.8 Å². The topological polar surface area (TPSA) is 85.9 Å². The molecule has 126 valence electrons. The summed E-state index contributed by atoms with van der Waals surface area (Å²) >= 11 is 3.37. The number of nitriles is 1. The van der Waals surface area contributed by atoms with Crippen LogP contribution in [0.3, 0.4) is 0 Å². The van der Waals surface area contributed by atoms with Crippen LogP contribution in [0.15, 0.2) is 67.4 Å². The van der Waals surface area contributed by atoms with Crippen molar-refractivity contribution in [1.29, 1.82) is 5.26 Å². The van der Waals surface area contributed by atoms with Crippen LogP contribution in [0, 0.1) is 11.3 Å². The van der Waals surface area contributed by atoms with Crippen molar-refractivity contribution in [3.8, 4) is 6.07 Å². The Labute approximate surface area is 154 Å². The van der Waals surface area contributed by atoms with Gasteiger partial charge in [0.15, 0.2) is 5.84 Å². The van der Waals surface area contributed by atoms with E-state index in [-0.39, 0.29) is 23.7 Å². The lowest BCUT2D eigenvalue weighted by Gasteiger charge is -2.17. The van der Waals surface area contributed by atoms with Crippen molar-refractivity contribution in [3.05, 3.63) is 64.1 Å². The maximum Gasteiger partial charge on any atom is 0.285 e. The second-order valence-electron chi connectivity index (χ2n) is 5.21. The molecule has 0 spiro atoms. The van der Waals surface area contributed by atoms with Crippen molar-refractivity contribution in [1.82, 2.24) is 5.01 Å². The molecule has 2 aromatic carbocycles. The van der Waals surface area contributed by atoms with E-state index in [9.17, 15) is 8.42 Å². The first kappa shape index (κ1) is 17.3. The van der Waals surface area contributed by atoms with Gasteiger partial charge < -0.3 is 0 Å². The minimum Gasteiger partial charge on any atom is -0.246 e. The van der Waals surface area contributed by atoms with Crippen LogP contribution < -0.4 is 0 Å². The van der Waals surface area contributed by atoms with E-state index in [1.807, 2.05) is 30.3 Å². The van der Waals surface area contributed by atoms with Gasteiger partial charge in [-0.25, -0.2) is 5.01 Å². The number of amidine groups is 1. The fraction of sp³-hybridized carbons (Fsp3) is 0.118. The zero-order chi connectivity index (χ0) is 17.9. The molecule has 0 fully saturated rings. The largest absolute Gasteiger partial charge is 0.285 e.